The Morgan fingerprint density at radius 3 is 2.35 bits per heavy atom. The first-order valence-corrected chi connectivity index (χ1v) is 7.57. The molecule has 0 saturated heterocycles. The summed E-state index contributed by atoms with van der Waals surface area (Å²) in [6, 6.07) is 12.7. The second-order valence-corrected chi connectivity index (χ2v) is 6.44. The maximum Gasteiger partial charge on any atom is 0.273 e. The molecule has 0 radical (unpaired) electrons. The van der Waals surface area contributed by atoms with Gasteiger partial charge in [-0.05, 0) is 18.6 Å². The van der Waals surface area contributed by atoms with Gasteiger partial charge in [-0.1, -0.05) is 36.4 Å². The largest absolute Gasteiger partial charge is 0.273 e. The van der Waals surface area contributed by atoms with Crippen LogP contribution in [0.4, 0.5) is 5.69 Å². The molecule has 20 heavy (non-hydrogen) atoms. The van der Waals surface area contributed by atoms with Crippen LogP contribution in [0, 0.1) is 17.0 Å². The monoisotopic (exact) mass is 291 g/mol. The van der Waals surface area contributed by atoms with Crippen LogP contribution in [-0.2, 0) is 15.6 Å². The second-order valence-electron chi connectivity index (χ2n) is 4.45. The van der Waals surface area contributed by atoms with Crippen LogP contribution in [0.5, 0.6) is 0 Å². The van der Waals surface area contributed by atoms with E-state index in [1.807, 2.05) is 0 Å². The van der Waals surface area contributed by atoms with Gasteiger partial charge in [-0.25, -0.2) is 8.42 Å². The molecular weight excluding hydrogens is 278 g/mol. The van der Waals surface area contributed by atoms with Crippen molar-refractivity contribution in [1.82, 2.24) is 0 Å². The van der Waals surface area contributed by atoms with Crippen LogP contribution in [0.2, 0.25) is 0 Å². The summed E-state index contributed by atoms with van der Waals surface area (Å²) in [5.41, 5.74) is 0.906. The average molecular weight is 291 g/mol. The standard InChI is InChI=1S/C14H13NO4S/c1-11-7-8-13(9-14(11)15(16)17)20(18,19)10-12-5-3-2-4-6-12/h2-9H,10H2,1H3. The fourth-order valence-corrected chi connectivity index (χ4v) is 3.22. The third kappa shape index (κ3) is 3.03. The fraction of sp³-hybridized carbons (Fsp3) is 0.143. The van der Waals surface area contributed by atoms with Gasteiger partial charge in [0.2, 0.25) is 0 Å². The maximum absolute atomic E-state index is 12.3. The molecule has 2 rings (SSSR count). The van der Waals surface area contributed by atoms with Gasteiger partial charge in [-0.3, -0.25) is 10.1 Å². The summed E-state index contributed by atoms with van der Waals surface area (Å²) >= 11 is 0. The Morgan fingerprint density at radius 2 is 1.75 bits per heavy atom. The molecular formula is C14H13NO4S. The molecule has 0 unspecified atom stereocenters. The highest BCUT2D eigenvalue weighted by Gasteiger charge is 2.20. The van der Waals surface area contributed by atoms with Crippen molar-refractivity contribution in [1.29, 1.82) is 0 Å². The van der Waals surface area contributed by atoms with Gasteiger partial charge in [0.25, 0.3) is 5.69 Å². The highest BCUT2D eigenvalue weighted by atomic mass is 32.2. The van der Waals surface area contributed by atoms with Crippen molar-refractivity contribution in [3.05, 3.63) is 69.8 Å². The number of nitrogens with zero attached hydrogens (tertiary/aromatic N) is 1. The number of benzene rings is 2. The lowest BCUT2D eigenvalue weighted by Crippen LogP contribution is -2.06. The van der Waals surface area contributed by atoms with Crippen molar-refractivity contribution in [2.24, 2.45) is 0 Å². The van der Waals surface area contributed by atoms with Crippen molar-refractivity contribution in [2.45, 2.75) is 17.6 Å². The molecule has 0 N–H and O–H groups in total. The Hall–Kier alpha value is -2.21. The molecule has 5 nitrogen and oxygen atoms in total. The number of aryl methyl sites for hydroxylation is 1. The zero-order valence-electron chi connectivity index (χ0n) is 10.8. The molecule has 2 aromatic rings. The molecule has 0 aliphatic heterocycles. The lowest BCUT2D eigenvalue weighted by atomic mass is 10.2. The minimum atomic E-state index is -3.59. The van der Waals surface area contributed by atoms with E-state index in [2.05, 4.69) is 0 Å². The zero-order valence-corrected chi connectivity index (χ0v) is 11.6. The third-order valence-corrected chi connectivity index (χ3v) is 4.62. The molecule has 2 aromatic carbocycles. The molecule has 0 amide bonds. The minimum Gasteiger partial charge on any atom is -0.258 e. The predicted molar refractivity (Wildman–Crippen MR) is 75.2 cm³/mol. The second kappa shape index (κ2) is 5.42. The molecule has 0 aromatic heterocycles. The van der Waals surface area contributed by atoms with E-state index < -0.39 is 14.8 Å². The van der Waals surface area contributed by atoms with Gasteiger partial charge in [-0.15, -0.1) is 0 Å². The van der Waals surface area contributed by atoms with E-state index in [-0.39, 0.29) is 16.3 Å². The molecule has 0 bridgehead atoms. The fourth-order valence-electron chi connectivity index (χ4n) is 1.86. The summed E-state index contributed by atoms with van der Waals surface area (Å²) in [7, 11) is -3.59. The Morgan fingerprint density at radius 1 is 1.10 bits per heavy atom. The number of rotatable bonds is 4. The van der Waals surface area contributed by atoms with E-state index >= 15 is 0 Å². The van der Waals surface area contributed by atoms with E-state index in [9.17, 15) is 18.5 Å². The first kappa shape index (κ1) is 14.2. The quantitative estimate of drug-likeness (QED) is 0.641. The highest BCUT2D eigenvalue weighted by Crippen LogP contribution is 2.24. The molecule has 0 saturated carbocycles. The van der Waals surface area contributed by atoms with E-state index in [1.165, 1.54) is 12.1 Å². The molecule has 0 heterocycles. The Bertz CT molecular complexity index is 739. The summed E-state index contributed by atoms with van der Waals surface area (Å²) in [6.45, 7) is 1.58. The zero-order chi connectivity index (χ0) is 14.8. The van der Waals surface area contributed by atoms with Crippen LogP contribution in [0.15, 0.2) is 53.4 Å². The number of nitro benzene ring substituents is 1. The molecule has 6 heteroatoms. The molecule has 104 valence electrons. The Labute approximate surface area is 116 Å². The molecule has 0 spiro atoms. The number of sulfone groups is 1. The van der Waals surface area contributed by atoms with Crippen molar-refractivity contribution < 1.29 is 13.3 Å². The van der Waals surface area contributed by atoms with Crippen LogP contribution in [0.25, 0.3) is 0 Å². The van der Waals surface area contributed by atoms with Gasteiger partial charge in [0.1, 0.15) is 0 Å². The normalized spacial score (nSPS) is 11.2. The van der Waals surface area contributed by atoms with Crippen LogP contribution < -0.4 is 0 Å². The van der Waals surface area contributed by atoms with Crippen LogP contribution in [0.1, 0.15) is 11.1 Å². The third-order valence-electron chi connectivity index (χ3n) is 2.94. The lowest BCUT2D eigenvalue weighted by Gasteiger charge is -2.05. The summed E-state index contributed by atoms with van der Waals surface area (Å²) in [5.74, 6) is -0.173. The van der Waals surface area contributed by atoms with Crippen molar-refractivity contribution >= 4 is 15.5 Å². The van der Waals surface area contributed by atoms with E-state index in [1.54, 1.807) is 37.3 Å². The lowest BCUT2D eigenvalue weighted by molar-refractivity contribution is -0.385. The smallest absolute Gasteiger partial charge is 0.258 e. The van der Waals surface area contributed by atoms with Gasteiger partial charge in [-0.2, -0.15) is 0 Å². The van der Waals surface area contributed by atoms with Gasteiger partial charge >= 0.3 is 0 Å². The van der Waals surface area contributed by atoms with E-state index in [0.717, 1.165) is 6.07 Å². The highest BCUT2D eigenvalue weighted by molar-refractivity contribution is 7.90. The summed E-state index contributed by atoms with van der Waals surface area (Å²) in [5, 5.41) is 10.9. The van der Waals surface area contributed by atoms with E-state index in [4.69, 9.17) is 0 Å². The summed E-state index contributed by atoms with van der Waals surface area (Å²) in [4.78, 5) is 10.3. The molecule has 0 aliphatic carbocycles. The van der Waals surface area contributed by atoms with Gasteiger partial charge in [0, 0.05) is 11.6 Å². The van der Waals surface area contributed by atoms with Crippen molar-refractivity contribution in [2.75, 3.05) is 0 Å². The summed E-state index contributed by atoms with van der Waals surface area (Å²) in [6.07, 6.45) is 0. The average Bonchev–Trinajstić information content (AvgIpc) is 2.39. The number of nitro groups is 1. The van der Waals surface area contributed by atoms with Crippen LogP contribution in [-0.4, -0.2) is 13.3 Å². The first-order chi connectivity index (χ1) is 9.40. The number of hydrogen-bond acceptors (Lipinski definition) is 4. The van der Waals surface area contributed by atoms with Gasteiger partial charge < -0.3 is 0 Å². The predicted octanol–water partition coefficient (Wildman–Crippen LogP) is 2.88. The molecule has 0 aliphatic rings. The van der Waals surface area contributed by atoms with E-state index in [0.29, 0.717) is 11.1 Å². The maximum atomic E-state index is 12.3. The minimum absolute atomic E-state index is 0.0290. The van der Waals surface area contributed by atoms with Crippen molar-refractivity contribution in [3.8, 4) is 0 Å². The Balaban J connectivity index is 2.40. The SMILES string of the molecule is Cc1ccc(S(=O)(=O)Cc2ccccc2)cc1[N+](=O)[O-]. The summed E-state index contributed by atoms with van der Waals surface area (Å²) < 4.78 is 24.5. The first-order valence-electron chi connectivity index (χ1n) is 5.92. The molecule has 0 atom stereocenters. The van der Waals surface area contributed by atoms with Crippen LogP contribution in [0.3, 0.4) is 0 Å². The van der Waals surface area contributed by atoms with Gasteiger partial charge in [0.05, 0.1) is 15.6 Å². The van der Waals surface area contributed by atoms with Crippen molar-refractivity contribution in [3.63, 3.8) is 0 Å². The van der Waals surface area contributed by atoms with Gasteiger partial charge in [0.15, 0.2) is 9.84 Å². The molecule has 0 fully saturated rings. The van der Waals surface area contributed by atoms with Crippen LogP contribution >= 0.6 is 0 Å². The Kier molecular flexibility index (Phi) is 3.85. The number of hydrogen-bond donors (Lipinski definition) is 0. The topological polar surface area (TPSA) is 77.3 Å².